The number of hydrogen-bond acceptors (Lipinski definition) is 4. The van der Waals surface area contributed by atoms with Gasteiger partial charge in [0.2, 0.25) is 0 Å². The Kier molecular flexibility index (Phi) is 5.47. The van der Waals surface area contributed by atoms with Crippen molar-refractivity contribution in [3.05, 3.63) is 42.5 Å². The lowest BCUT2D eigenvalue weighted by Crippen LogP contribution is -2.10. The van der Waals surface area contributed by atoms with Gasteiger partial charge in [0.25, 0.3) is 0 Å². The number of nitrogens with one attached hydrogen (secondary N) is 1. The van der Waals surface area contributed by atoms with Crippen LogP contribution in [-0.2, 0) is 0 Å². The number of nitrogens with two attached hydrogens (primary N) is 2. The SMILES string of the molecule is Nc1ccc(Nc2ccc(OCCC3CCCCC3)cc2)c(N)c1. The van der Waals surface area contributed by atoms with Crippen molar-refractivity contribution in [1.82, 2.24) is 0 Å². The summed E-state index contributed by atoms with van der Waals surface area (Å²) in [6.07, 6.45) is 8.09. The molecule has 0 saturated heterocycles. The topological polar surface area (TPSA) is 73.3 Å². The molecule has 0 aliphatic heterocycles. The molecule has 1 aliphatic rings. The molecule has 0 unspecified atom stereocenters. The molecule has 0 radical (unpaired) electrons. The van der Waals surface area contributed by atoms with E-state index in [-0.39, 0.29) is 0 Å². The summed E-state index contributed by atoms with van der Waals surface area (Å²) < 4.78 is 5.88. The Morgan fingerprint density at radius 3 is 2.42 bits per heavy atom. The summed E-state index contributed by atoms with van der Waals surface area (Å²) in [5, 5.41) is 3.30. The summed E-state index contributed by atoms with van der Waals surface area (Å²) in [5.41, 5.74) is 14.8. The Labute approximate surface area is 144 Å². The van der Waals surface area contributed by atoms with Crippen molar-refractivity contribution in [2.24, 2.45) is 5.92 Å². The lowest BCUT2D eigenvalue weighted by molar-refractivity contribution is 0.246. The molecule has 0 atom stereocenters. The van der Waals surface area contributed by atoms with E-state index < -0.39 is 0 Å². The fourth-order valence-electron chi connectivity index (χ4n) is 3.30. The molecule has 2 aromatic carbocycles. The molecule has 1 aliphatic carbocycles. The van der Waals surface area contributed by atoms with Gasteiger partial charge in [-0.05, 0) is 54.8 Å². The largest absolute Gasteiger partial charge is 0.494 e. The van der Waals surface area contributed by atoms with Crippen LogP contribution in [0.15, 0.2) is 42.5 Å². The van der Waals surface area contributed by atoms with E-state index in [1.165, 1.54) is 38.5 Å². The first-order valence-corrected chi connectivity index (χ1v) is 8.85. The summed E-state index contributed by atoms with van der Waals surface area (Å²) in [6, 6.07) is 13.5. The van der Waals surface area contributed by atoms with Crippen LogP contribution in [0, 0.1) is 5.92 Å². The highest BCUT2D eigenvalue weighted by Crippen LogP contribution is 2.28. The number of nitrogen functional groups attached to an aromatic ring is 2. The Balaban J connectivity index is 1.49. The zero-order valence-electron chi connectivity index (χ0n) is 14.1. The van der Waals surface area contributed by atoms with Crippen LogP contribution in [0.4, 0.5) is 22.7 Å². The maximum absolute atomic E-state index is 5.97. The third kappa shape index (κ3) is 4.57. The maximum Gasteiger partial charge on any atom is 0.119 e. The highest BCUT2D eigenvalue weighted by atomic mass is 16.5. The average Bonchev–Trinajstić information content (AvgIpc) is 2.60. The summed E-state index contributed by atoms with van der Waals surface area (Å²) in [4.78, 5) is 0. The van der Waals surface area contributed by atoms with Crippen LogP contribution < -0.4 is 21.5 Å². The van der Waals surface area contributed by atoms with Gasteiger partial charge < -0.3 is 21.5 Å². The van der Waals surface area contributed by atoms with Gasteiger partial charge >= 0.3 is 0 Å². The van der Waals surface area contributed by atoms with Gasteiger partial charge in [0, 0.05) is 11.4 Å². The number of anilines is 4. The smallest absolute Gasteiger partial charge is 0.119 e. The fraction of sp³-hybridized carbons (Fsp3) is 0.400. The van der Waals surface area contributed by atoms with Gasteiger partial charge in [-0.3, -0.25) is 0 Å². The zero-order chi connectivity index (χ0) is 16.8. The van der Waals surface area contributed by atoms with Crippen LogP contribution in [0.25, 0.3) is 0 Å². The molecule has 4 nitrogen and oxygen atoms in total. The molecule has 0 aromatic heterocycles. The van der Waals surface area contributed by atoms with Gasteiger partial charge in [-0.25, -0.2) is 0 Å². The minimum Gasteiger partial charge on any atom is -0.494 e. The summed E-state index contributed by atoms with van der Waals surface area (Å²) in [6.45, 7) is 0.808. The van der Waals surface area contributed by atoms with Gasteiger partial charge in [-0.2, -0.15) is 0 Å². The number of rotatable bonds is 6. The zero-order valence-corrected chi connectivity index (χ0v) is 14.1. The minimum atomic E-state index is 0.641. The summed E-state index contributed by atoms with van der Waals surface area (Å²) in [7, 11) is 0. The van der Waals surface area contributed by atoms with Crippen molar-refractivity contribution < 1.29 is 4.74 Å². The quantitative estimate of drug-likeness (QED) is 0.657. The molecule has 0 heterocycles. The molecule has 24 heavy (non-hydrogen) atoms. The van der Waals surface area contributed by atoms with E-state index in [2.05, 4.69) is 5.32 Å². The van der Waals surface area contributed by atoms with E-state index in [0.29, 0.717) is 11.4 Å². The van der Waals surface area contributed by atoms with Crippen LogP contribution in [-0.4, -0.2) is 6.61 Å². The van der Waals surface area contributed by atoms with Crippen LogP contribution in [0.5, 0.6) is 5.75 Å². The minimum absolute atomic E-state index is 0.641. The molecule has 1 saturated carbocycles. The lowest BCUT2D eigenvalue weighted by atomic mass is 9.87. The van der Waals surface area contributed by atoms with Gasteiger partial charge in [-0.1, -0.05) is 32.1 Å². The summed E-state index contributed by atoms with van der Waals surface area (Å²) in [5.74, 6) is 1.77. The maximum atomic E-state index is 5.97. The van der Waals surface area contributed by atoms with E-state index >= 15 is 0 Å². The number of benzene rings is 2. The van der Waals surface area contributed by atoms with Crippen LogP contribution >= 0.6 is 0 Å². The predicted octanol–water partition coefficient (Wildman–Crippen LogP) is 4.94. The number of hydrogen-bond donors (Lipinski definition) is 3. The van der Waals surface area contributed by atoms with Crippen molar-refractivity contribution in [3.8, 4) is 5.75 Å². The lowest BCUT2D eigenvalue weighted by Gasteiger charge is -2.21. The molecular weight excluding hydrogens is 298 g/mol. The van der Waals surface area contributed by atoms with Gasteiger partial charge in [0.15, 0.2) is 0 Å². The van der Waals surface area contributed by atoms with Crippen molar-refractivity contribution in [1.29, 1.82) is 0 Å². The molecule has 5 N–H and O–H groups in total. The van der Waals surface area contributed by atoms with E-state index in [1.54, 1.807) is 6.07 Å². The van der Waals surface area contributed by atoms with Gasteiger partial charge in [0.1, 0.15) is 5.75 Å². The Morgan fingerprint density at radius 1 is 0.958 bits per heavy atom. The Hall–Kier alpha value is -2.36. The van der Waals surface area contributed by atoms with Crippen molar-refractivity contribution in [2.45, 2.75) is 38.5 Å². The fourth-order valence-corrected chi connectivity index (χ4v) is 3.30. The highest BCUT2D eigenvalue weighted by molar-refractivity contribution is 5.75. The molecule has 4 heteroatoms. The van der Waals surface area contributed by atoms with Crippen molar-refractivity contribution in [3.63, 3.8) is 0 Å². The monoisotopic (exact) mass is 325 g/mol. The van der Waals surface area contributed by atoms with Crippen molar-refractivity contribution >= 4 is 22.7 Å². The van der Waals surface area contributed by atoms with E-state index in [0.717, 1.165) is 29.6 Å². The van der Waals surface area contributed by atoms with Gasteiger partial charge in [0.05, 0.1) is 18.0 Å². The third-order valence-corrected chi connectivity index (χ3v) is 4.73. The molecule has 0 amide bonds. The molecule has 1 fully saturated rings. The second-order valence-electron chi connectivity index (χ2n) is 6.64. The number of ether oxygens (including phenoxy) is 1. The second-order valence-corrected chi connectivity index (χ2v) is 6.64. The van der Waals surface area contributed by atoms with Crippen LogP contribution in [0.1, 0.15) is 38.5 Å². The highest BCUT2D eigenvalue weighted by Gasteiger charge is 2.13. The molecule has 0 spiro atoms. The van der Waals surface area contributed by atoms with Crippen LogP contribution in [0.3, 0.4) is 0 Å². The molecule has 2 aromatic rings. The van der Waals surface area contributed by atoms with E-state index in [1.807, 2.05) is 36.4 Å². The first-order chi connectivity index (χ1) is 11.7. The third-order valence-electron chi connectivity index (χ3n) is 4.73. The van der Waals surface area contributed by atoms with E-state index in [9.17, 15) is 0 Å². The Bertz CT molecular complexity index is 648. The standard InChI is InChI=1S/C20H27N3O/c21-16-6-11-20(19(22)14-16)23-17-7-9-18(10-8-17)24-13-12-15-4-2-1-3-5-15/h6-11,14-15,23H,1-5,12-13,21-22H2. The van der Waals surface area contributed by atoms with E-state index in [4.69, 9.17) is 16.2 Å². The first-order valence-electron chi connectivity index (χ1n) is 8.85. The normalized spacial score (nSPS) is 15.2. The second kappa shape index (κ2) is 7.95. The molecule has 3 rings (SSSR count). The first kappa shape index (κ1) is 16.5. The Morgan fingerprint density at radius 2 is 1.71 bits per heavy atom. The van der Waals surface area contributed by atoms with Crippen molar-refractivity contribution in [2.75, 3.05) is 23.4 Å². The predicted molar refractivity (Wildman–Crippen MR) is 102 cm³/mol. The molecular formula is C20H27N3O. The van der Waals surface area contributed by atoms with Crippen LogP contribution in [0.2, 0.25) is 0 Å². The summed E-state index contributed by atoms with van der Waals surface area (Å²) >= 11 is 0. The molecule has 0 bridgehead atoms. The average molecular weight is 325 g/mol. The van der Waals surface area contributed by atoms with Gasteiger partial charge in [-0.15, -0.1) is 0 Å². The molecule has 128 valence electrons.